The number of hydrogen-bond acceptors (Lipinski definition) is 1. The lowest BCUT2D eigenvalue weighted by Crippen LogP contribution is -2.24. The Balaban J connectivity index is 2.29. The summed E-state index contributed by atoms with van der Waals surface area (Å²) >= 11 is 7.35. The molecule has 1 nitrogen and oxygen atoms in total. The molecule has 0 bridgehead atoms. The van der Waals surface area contributed by atoms with Crippen LogP contribution in [-0.2, 0) is 0 Å². The third-order valence-electron chi connectivity index (χ3n) is 4.06. The van der Waals surface area contributed by atoms with Gasteiger partial charge in [-0.1, -0.05) is 63.3 Å². The second-order valence-electron chi connectivity index (χ2n) is 5.78. The van der Waals surface area contributed by atoms with Gasteiger partial charge in [0.1, 0.15) is 0 Å². The summed E-state index contributed by atoms with van der Waals surface area (Å²) in [5.41, 5.74) is 2.92. The quantitative estimate of drug-likeness (QED) is 0.539. The maximum atomic E-state index is 3.75. The Hall–Kier alpha value is -0.120. The number of hydrogen-bond donors (Lipinski definition) is 1. The van der Waals surface area contributed by atoms with E-state index in [1.54, 1.807) is 5.57 Å². The standard InChI is InChI=1S/C18H25Br2N/c1-2-12-21-18(14-8-6-4-3-5-7-9-14)16-13-15(19)10-11-17(16)20/h8,10-11,13,18,21H,2-7,9,12H2,1H3/b14-8+. The molecule has 1 unspecified atom stereocenters. The van der Waals surface area contributed by atoms with E-state index in [-0.39, 0.29) is 0 Å². The maximum Gasteiger partial charge on any atom is 0.0547 e. The van der Waals surface area contributed by atoms with Gasteiger partial charge in [-0.05, 0) is 62.4 Å². The summed E-state index contributed by atoms with van der Waals surface area (Å²) in [5, 5.41) is 3.75. The molecule has 1 N–H and O–H groups in total. The number of rotatable bonds is 5. The minimum absolute atomic E-state index is 0.343. The monoisotopic (exact) mass is 413 g/mol. The van der Waals surface area contributed by atoms with Crippen molar-refractivity contribution in [2.75, 3.05) is 6.54 Å². The summed E-state index contributed by atoms with van der Waals surface area (Å²) < 4.78 is 2.35. The van der Waals surface area contributed by atoms with Gasteiger partial charge >= 0.3 is 0 Å². The predicted molar refractivity (Wildman–Crippen MR) is 98.7 cm³/mol. The van der Waals surface area contributed by atoms with Gasteiger partial charge in [0.15, 0.2) is 0 Å². The van der Waals surface area contributed by atoms with Gasteiger partial charge < -0.3 is 5.32 Å². The van der Waals surface area contributed by atoms with Crippen LogP contribution in [0, 0.1) is 0 Å². The average molecular weight is 415 g/mol. The number of benzene rings is 1. The Bertz CT molecular complexity index is 482. The summed E-state index contributed by atoms with van der Waals surface area (Å²) in [6, 6.07) is 6.83. The Morgan fingerprint density at radius 3 is 2.76 bits per heavy atom. The Morgan fingerprint density at radius 2 is 1.95 bits per heavy atom. The first-order valence-electron chi connectivity index (χ1n) is 8.09. The van der Waals surface area contributed by atoms with E-state index in [0.717, 1.165) is 17.4 Å². The maximum absolute atomic E-state index is 3.75. The molecular weight excluding hydrogens is 390 g/mol. The van der Waals surface area contributed by atoms with Crippen LogP contribution in [-0.4, -0.2) is 6.54 Å². The lowest BCUT2D eigenvalue weighted by atomic mass is 9.91. The van der Waals surface area contributed by atoms with Crippen molar-refractivity contribution in [3.05, 3.63) is 44.4 Å². The molecule has 0 radical (unpaired) electrons. The molecule has 1 aromatic rings. The third-order valence-corrected chi connectivity index (χ3v) is 5.28. The molecule has 2 rings (SSSR count). The van der Waals surface area contributed by atoms with E-state index in [2.05, 4.69) is 68.4 Å². The molecule has 0 saturated carbocycles. The molecule has 0 saturated heterocycles. The highest BCUT2D eigenvalue weighted by atomic mass is 79.9. The minimum atomic E-state index is 0.343. The average Bonchev–Trinajstić information content (AvgIpc) is 2.44. The molecule has 21 heavy (non-hydrogen) atoms. The van der Waals surface area contributed by atoms with Gasteiger partial charge in [-0.25, -0.2) is 0 Å². The highest BCUT2D eigenvalue weighted by Gasteiger charge is 2.19. The summed E-state index contributed by atoms with van der Waals surface area (Å²) in [6.45, 7) is 3.29. The summed E-state index contributed by atoms with van der Waals surface area (Å²) in [6.07, 6.45) is 11.5. The summed E-state index contributed by atoms with van der Waals surface area (Å²) in [4.78, 5) is 0. The lowest BCUT2D eigenvalue weighted by molar-refractivity contribution is 0.539. The molecule has 1 aromatic carbocycles. The van der Waals surface area contributed by atoms with Crippen LogP contribution in [0.4, 0.5) is 0 Å². The van der Waals surface area contributed by atoms with Crippen LogP contribution < -0.4 is 5.32 Å². The zero-order valence-electron chi connectivity index (χ0n) is 12.8. The fraction of sp³-hybridized carbons (Fsp3) is 0.556. The van der Waals surface area contributed by atoms with E-state index in [1.807, 2.05) is 0 Å². The largest absolute Gasteiger partial charge is 0.306 e. The van der Waals surface area contributed by atoms with Crippen molar-refractivity contribution in [2.45, 2.75) is 57.9 Å². The molecule has 1 atom stereocenters. The van der Waals surface area contributed by atoms with Gasteiger partial charge in [0.2, 0.25) is 0 Å². The van der Waals surface area contributed by atoms with Crippen molar-refractivity contribution < 1.29 is 0 Å². The highest BCUT2D eigenvalue weighted by molar-refractivity contribution is 9.11. The van der Waals surface area contributed by atoms with Crippen LogP contribution in [0.1, 0.15) is 63.5 Å². The van der Waals surface area contributed by atoms with E-state index in [1.165, 1.54) is 48.6 Å². The highest BCUT2D eigenvalue weighted by Crippen LogP contribution is 2.34. The topological polar surface area (TPSA) is 12.0 Å². The van der Waals surface area contributed by atoms with E-state index in [4.69, 9.17) is 0 Å². The second-order valence-corrected chi connectivity index (χ2v) is 7.55. The van der Waals surface area contributed by atoms with E-state index in [0.29, 0.717) is 6.04 Å². The Morgan fingerprint density at radius 1 is 1.14 bits per heavy atom. The molecule has 1 aliphatic rings. The van der Waals surface area contributed by atoms with Crippen molar-refractivity contribution in [1.29, 1.82) is 0 Å². The molecule has 0 fully saturated rings. The molecule has 3 heteroatoms. The van der Waals surface area contributed by atoms with Crippen LogP contribution in [0.15, 0.2) is 38.8 Å². The van der Waals surface area contributed by atoms with Crippen LogP contribution in [0.2, 0.25) is 0 Å². The van der Waals surface area contributed by atoms with Crippen molar-refractivity contribution >= 4 is 31.9 Å². The molecular formula is C18H25Br2N. The van der Waals surface area contributed by atoms with Crippen molar-refractivity contribution in [1.82, 2.24) is 5.32 Å². The molecule has 1 aliphatic carbocycles. The van der Waals surface area contributed by atoms with Crippen molar-refractivity contribution in [3.8, 4) is 0 Å². The SMILES string of the molecule is CCCNC(/C1=C/CCCCCC1)c1cc(Br)ccc1Br. The normalized spacial score (nSPS) is 20.2. The molecule has 116 valence electrons. The van der Waals surface area contributed by atoms with Crippen LogP contribution in [0.5, 0.6) is 0 Å². The first-order valence-corrected chi connectivity index (χ1v) is 9.68. The summed E-state index contributed by atoms with van der Waals surface area (Å²) in [7, 11) is 0. The minimum Gasteiger partial charge on any atom is -0.306 e. The van der Waals surface area contributed by atoms with Gasteiger partial charge in [-0.2, -0.15) is 0 Å². The first kappa shape index (κ1) is 17.2. The number of allylic oxidation sites excluding steroid dienone is 1. The van der Waals surface area contributed by atoms with E-state index >= 15 is 0 Å². The first-order chi connectivity index (χ1) is 10.2. The molecule has 0 aromatic heterocycles. The van der Waals surface area contributed by atoms with Gasteiger partial charge in [0.05, 0.1) is 6.04 Å². The van der Waals surface area contributed by atoms with Crippen LogP contribution >= 0.6 is 31.9 Å². The molecule has 0 spiro atoms. The second kappa shape index (κ2) is 9.12. The van der Waals surface area contributed by atoms with E-state index < -0.39 is 0 Å². The lowest BCUT2D eigenvalue weighted by Gasteiger charge is -2.25. The molecule has 0 aliphatic heterocycles. The zero-order chi connectivity index (χ0) is 15.1. The van der Waals surface area contributed by atoms with E-state index in [9.17, 15) is 0 Å². The Labute approximate surface area is 145 Å². The van der Waals surface area contributed by atoms with Gasteiger partial charge in [0.25, 0.3) is 0 Å². The summed E-state index contributed by atoms with van der Waals surface area (Å²) in [5.74, 6) is 0. The predicted octanol–water partition coefficient (Wildman–Crippen LogP) is 6.53. The third kappa shape index (κ3) is 5.22. The number of halogens is 2. The fourth-order valence-corrected chi connectivity index (χ4v) is 3.80. The molecule has 0 amide bonds. The zero-order valence-corrected chi connectivity index (χ0v) is 16.0. The van der Waals surface area contributed by atoms with Gasteiger partial charge in [-0.15, -0.1) is 0 Å². The van der Waals surface area contributed by atoms with Crippen molar-refractivity contribution in [2.24, 2.45) is 0 Å². The van der Waals surface area contributed by atoms with Crippen LogP contribution in [0.25, 0.3) is 0 Å². The fourth-order valence-electron chi connectivity index (χ4n) is 2.94. The van der Waals surface area contributed by atoms with Crippen LogP contribution in [0.3, 0.4) is 0 Å². The van der Waals surface area contributed by atoms with Crippen molar-refractivity contribution in [3.63, 3.8) is 0 Å². The number of nitrogens with one attached hydrogen (secondary N) is 1. The smallest absolute Gasteiger partial charge is 0.0547 e. The van der Waals surface area contributed by atoms with Gasteiger partial charge in [0, 0.05) is 8.95 Å². The Kier molecular flexibility index (Phi) is 7.48. The molecule has 0 heterocycles. The van der Waals surface area contributed by atoms with Gasteiger partial charge in [-0.3, -0.25) is 0 Å².